The van der Waals surface area contributed by atoms with Crippen LogP contribution in [-0.4, -0.2) is 71.9 Å². The average molecular weight is 503 g/mol. The SMILES string of the molecule is CCCCC(CC)C(=O)N1CCN(C(=O)c2ccc(Nc3ncc(Cl)c(NC)n3)c(OC)c2)CC1. The zero-order valence-corrected chi connectivity index (χ0v) is 21.7. The monoisotopic (exact) mass is 502 g/mol. The normalized spacial score (nSPS) is 14.4. The molecule has 2 N–H and O–H groups in total. The number of ether oxygens (including phenoxy) is 1. The number of halogens is 1. The van der Waals surface area contributed by atoms with Crippen LogP contribution in [0.3, 0.4) is 0 Å². The van der Waals surface area contributed by atoms with Crippen molar-refractivity contribution in [2.75, 3.05) is 51.0 Å². The molecule has 1 atom stereocenters. The molecule has 3 rings (SSSR count). The highest BCUT2D eigenvalue weighted by molar-refractivity contribution is 6.32. The van der Waals surface area contributed by atoms with Gasteiger partial charge in [0.25, 0.3) is 5.91 Å². The maximum absolute atomic E-state index is 13.2. The summed E-state index contributed by atoms with van der Waals surface area (Å²) < 4.78 is 5.51. The summed E-state index contributed by atoms with van der Waals surface area (Å²) in [6, 6.07) is 5.22. The standard InChI is InChI=1S/C25H35ClN6O3/c1-5-7-8-17(6-2)23(33)31-11-13-32(14-12-31)24(34)18-9-10-20(21(15-18)35-4)29-25-28-16-19(26)22(27-3)30-25/h9-10,15-17H,5-8,11-14H2,1-4H3,(H2,27,28,29,30). The van der Waals surface area contributed by atoms with Crippen LogP contribution in [0, 0.1) is 5.92 Å². The highest BCUT2D eigenvalue weighted by Crippen LogP contribution is 2.29. The van der Waals surface area contributed by atoms with E-state index >= 15 is 0 Å². The number of rotatable bonds is 10. The van der Waals surface area contributed by atoms with E-state index in [2.05, 4.69) is 34.4 Å². The summed E-state index contributed by atoms with van der Waals surface area (Å²) in [5.74, 6) is 1.56. The molecule has 190 valence electrons. The van der Waals surface area contributed by atoms with E-state index in [1.165, 1.54) is 6.20 Å². The predicted octanol–water partition coefficient (Wildman–Crippen LogP) is 4.42. The zero-order chi connectivity index (χ0) is 25.4. The Hall–Kier alpha value is -3.07. The van der Waals surface area contributed by atoms with Gasteiger partial charge < -0.3 is 25.2 Å². The number of benzene rings is 1. The van der Waals surface area contributed by atoms with Gasteiger partial charge in [-0.05, 0) is 31.0 Å². The molecular weight excluding hydrogens is 468 g/mol. The maximum Gasteiger partial charge on any atom is 0.254 e. The minimum atomic E-state index is -0.0832. The van der Waals surface area contributed by atoms with Crippen molar-refractivity contribution < 1.29 is 14.3 Å². The Bertz CT molecular complexity index is 1030. The molecule has 2 amide bonds. The van der Waals surface area contributed by atoms with Crippen LogP contribution in [0.2, 0.25) is 5.02 Å². The highest BCUT2D eigenvalue weighted by atomic mass is 35.5. The van der Waals surface area contributed by atoms with Crippen molar-refractivity contribution >= 4 is 40.9 Å². The molecule has 1 aliphatic heterocycles. The molecule has 0 radical (unpaired) electrons. The van der Waals surface area contributed by atoms with Crippen LogP contribution >= 0.6 is 11.6 Å². The molecule has 1 aromatic carbocycles. The minimum Gasteiger partial charge on any atom is -0.495 e. The number of amides is 2. The lowest BCUT2D eigenvalue weighted by Gasteiger charge is -2.36. The van der Waals surface area contributed by atoms with Crippen LogP contribution < -0.4 is 15.4 Å². The number of aromatic nitrogens is 2. The summed E-state index contributed by atoms with van der Waals surface area (Å²) in [5.41, 5.74) is 1.15. The van der Waals surface area contributed by atoms with Gasteiger partial charge in [-0.25, -0.2) is 4.98 Å². The number of carbonyl (C=O) groups is 2. The predicted molar refractivity (Wildman–Crippen MR) is 139 cm³/mol. The van der Waals surface area contributed by atoms with Crippen LogP contribution in [0.25, 0.3) is 0 Å². The quantitative estimate of drug-likeness (QED) is 0.496. The molecule has 0 saturated carbocycles. The van der Waals surface area contributed by atoms with E-state index in [0.717, 1.165) is 25.7 Å². The second-order valence-corrected chi connectivity index (χ2v) is 8.95. The molecule has 2 heterocycles. The van der Waals surface area contributed by atoms with Crippen molar-refractivity contribution in [3.8, 4) is 5.75 Å². The molecule has 1 fully saturated rings. The Labute approximate surface area is 212 Å². The minimum absolute atomic E-state index is 0.0790. The lowest BCUT2D eigenvalue weighted by molar-refractivity contribution is -0.137. The first-order valence-electron chi connectivity index (χ1n) is 12.1. The first-order valence-corrected chi connectivity index (χ1v) is 12.5. The molecule has 10 heteroatoms. The molecule has 0 spiro atoms. The molecule has 1 unspecified atom stereocenters. The number of piperazine rings is 1. The van der Waals surface area contributed by atoms with Gasteiger partial charge in [-0.15, -0.1) is 0 Å². The lowest BCUT2D eigenvalue weighted by Crippen LogP contribution is -2.52. The summed E-state index contributed by atoms with van der Waals surface area (Å²) in [6.07, 6.45) is 5.45. The maximum atomic E-state index is 13.2. The lowest BCUT2D eigenvalue weighted by atomic mass is 9.97. The number of unbranched alkanes of at least 4 members (excludes halogenated alkanes) is 1. The van der Waals surface area contributed by atoms with E-state index in [9.17, 15) is 9.59 Å². The molecule has 9 nitrogen and oxygen atoms in total. The van der Waals surface area contributed by atoms with Gasteiger partial charge in [-0.2, -0.15) is 4.98 Å². The Morgan fingerprint density at radius 1 is 1.17 bits per heavy atom. The highest BCUT2D eigenvalue weighted by Gasteiger charge is 2.28. The van der Waals surface area contributed by atoms with Crippen molar-refractivity contribution in [3.05, 3.63) is 35.0 Å². The fourth-order valence-electron chi connectivity index (χ4n) is 4.17. The third-order valence-corrected chi connectivity index (χ3v) is 6.58. The van der Waals surface area contributed by atoms with Crippen LogP contribution in [0.4, 0.5) is 17.5 Å². The van der Waals surface area contributed by atoms with Crippen molar-refractivity contribution in [1.29, 1.82) is 0 Å². The van der Waals surface area contributed by atoms with Gasteiger partial charge in [-0.1, -0.05) is 38.3 Å². The second kappa shape index (κ2) is 12.6. The molecule has 1 saturated heterocycles. The third kappa shape index (κ3) is 6.54. The van der Waals surface area contributed by atoms with Gasteiger partial charge in [0.15, 0.2) is 0 Å². The van der Waals surface area contributed by atoms with Gasteiger partial charge in [0.2, 0.25) is 11.9 Å². The number of nitrogens with zero attached hydrogens (tertiary/aromatic N) is 4. The largest absolute Gasteiger partial charge is 0.495 e. The molecule has 1 aromatic heterocycles. The Morgan fingerprint density at radius 2 is 1.89 bits per heavy atom. The van der Waals surface area contributed by atoms with Crippen LogP contribution in [0.1, 0.15) is 49.9 Å². The fraction of sp³-hybridized carbons (Fsp3) is 0.520. The second-order valence-electron chi connectivity index (χ2n) is 8.55. The number of nitrogens with one attached hydrogen (secondary N) is 2. The molecular formula is C25H35ClN6O3. The number of carbonyl (C=O) groups excluding carboxylic acids is 2. The van der Waals surface area contributed by atoms with E-state index in [1.807, 2.05) is 4.90 Å². The fourth-order valence-corrected chi connectivity index (χ4v) is 4.36. The van der Waals surface area contributed by atoms with Crippen molar-refractivity contribution in [3.63, 3.8) is 0 Å². The smallest absolute Gasteiger partial charge is 0.254 e. The van der Waals surface area contributed by atoms with Crippen LogP contribution in [0.15, 0.2) is 24.4 Å². The first kappa shape index (κ1) is 26.5. The molecule has 35 heavy (non-hydrogen) atoms. The van der Waals surface area contributed by atoms with Gasteiger partial charge in [-0.3, -0.25) is 9.59 Å². The summed E-state index contributed by atoms with van der Waals surface area (Å²) in [5, 5.41) is 6.43. The summed E-state index contributed by atoms with van der Waals surface area (Å²) in [6.45, 7) is 6.37. The summed E-state index contributed by atoms with van der Waals surface area (Å²) in [4.78, 5) is 38.3. The van der Waals surface area contributed by atoms with E-state index in [1.54, 1.807) is 37.3 Å². The number of hydrogen-bond acceptors (Lipinski definition) is 7. The Morgan fingerprint density at radius 3 is 2.51 bits per heavy atom. The van der Waals surface area contributed by atoms with E-state index in [4.69, 9.17) is 16.3 Å². The van der Waals surface area contributed by atoms with Gasteiger partial charge in [0.1, 0.15) is 16.6 Å². The van der Waals surface area contributed by atoms with E-state index < -0.39 is 0 Å². The summed E-state index contributed by atoms with van der Waals surface area (Å²) in [7, 11) is 3.27. The molecule has 1 aliphatic rings. The summed E-state index contributed by atoms with van der Waals surface area (Å²) >= 11 is 6.05. The number of methoxy groups -OCH3 is 1. The van der Waals surface area contributed by atoms with Gasteiger partial charge >= 0.3 is 0 Å². The van der Waals surface area contributed by atoms with Crippen LogP contribution in [0.5, 0.6) is 5.75 Å². The first-order chi connectivity index (χ1) is 16.9. The van der Waals surface area contributed by atoms with Crippen molar-refractivity contribution in [2.24, 2.45) is 5.92 Å². The molecule has 0 bridgehead atoms. The van der Waals surface area contributed by atoms with Crippen molar-refractivity contribution in [2.45, 2.75) is 39.5 Å². The molecule has 0 aliphatic carbocycles. The van der Waals surface area contributed by atoms with Gasteiger partial charge in [0, 0.05) is 44.7 Å². The zero-order valence-electron chi connectivity index (χ0n) is 20.9. The number of hydrogen-bond donors (Lipinski definition) is 2. The Kier molecular flexibility index (Phi) is 9.54. The molecule has 2 aromatic rings. The van der Waals surface area contributed by atoms with Crippen LogP contribution in [-0.2, 0) is 4.79 Å². The van der Waals surface area contributed by atoms with E-state index in [0.29, 0.717) is 60.0 Å². The van der Waals surface area contributed by atoms with Gasteiger partial charge in [0.05, 0.1) is 19.0 Å². The van der Waals surface area contributed by atoms with Crippen molar-refractivity contribution in [1.82, 2.24) is 19.8 Å². The average Bonchev–Trinajstić information content (AvgIpc) is 2.89. The number of anilines is 3. The Balaban J connectivity index is 1.64. The van der Waals surface area contributed by atoms with E-state index in [-0.39, 0.29) is 17.7 Å². The third-order valence-electron chi connectivity index (χ3n) is 6.30. The topological polar surface area (TPSA) is 99.7 Å².